The minimum Gasteiger partial charge on any atom is -0.360 e. The van der Waals surface area contributed by atoms with Crippen molar-refractivity contribution in [2.75, 3.05) is 20.1 Å². The number of nitrogens with zero attached hydrogens (tertiary/aromatic N) is 2. The second-order valence-electron chi connectivity index (χ2n) is 2.51. The Bertz CT molecular complexity index is 186. The summed E-state index contributed by atoms with van der Waals surface area (Å²) < 4.78 is 4.92. The quantitative estimate of drug-likeness (QED) is 0.668. The van der Waals surface area contributed by atoms with Gasteiger partial charge >= 0.3 is 0 Å². The van der Waals surface area contributed by atoms with Gasteiger partial charge in [0.2, 0.25) is 0 Å². The SMILES string of the molecule is CN(CCN)Cc1ccno1. The summed E-state index contributed by atoms with van der Waals surface area (Å²) in [4.78, 5) is 2.08. The zero-order chi connectivity index (χ0) is 8.10. The van der Waals surface area contributed by atoms with Gasteiger partial charge in [-0.3, -0.25) is 4.90 Å². The average molecular weight is 155 g/mol. The summed E-state index contributed by atoms with van der Waals surface area (Å²) in [6.45, 7) is 2.32. The van der Waals surface area contributed by atoms with Crippen LogP contribution in [0.2, 0.25) is 0 Å². The molecule has 0 saturated carbocycles. The Morgan fingerprint density at radius 3 is 3.09 bits per heavy atom. The van der Waals surface area contributed by atoms with Crippen LogP contribution in [-0.4, -0.2) is 30.2 Å². The lowest BCUT2D eigenvalue weighted by atomic mass is 10.4. The minimum atomic E-state index is 0.671. The molecule has 1 heterocycles. The fraction of sp³-hybridized carbons (Fsp3) is 0.571. The van der Waals surface area contributed by atoms with Crippen molar-refractivity contribution < 1.29 is 4.52 Å². The molecule has 0 aliphatic rings. The van der Waals surface area contributed by atoms with Gasteiger partial charge < -0.3 is 10.3 Å². The molecule has 0 saturated heterocycles. The van der Waals surface area contributed by atoms with E-state index in [1.807, 2.05) is 13.1 Å². The second kappa shape index (κ2) is 4.10. The number of nitrogens with two attached hydrogens (primary N) is 1. The van der Waals surface area contributed by atoms with Gasteiger partial charge in [-0.05, 0) is 7.05 Å². The molecule has 0 atom stereocenters. The van der Waals surface area contributed by atoms with Crippen molar-refractivity contribution in [1.29, 1.82) is 0 Å². The van der Waals surface area contributed by atoms with E-state index in [2.05, 4.69) is 10.1 Å². The summed E-state index contributed by atoms with van der Waals surface area (Å²) in [6, 6.07) is 1.85. The van der Waals surface area contributed by atoms with E-state index < -0.39 is 0 Å². The number of hydrogen-bond donors (Lipinski definition) is 1. The Kier molecular flexibility index (Phi) is 3.07. The molecule has 0 fully saturated rings. The van der Waals surface area contributed by atoms with Crippen LogP contribution < -0.4 is 5.73 Å². The smallest absolute Gasteiger partial charge is 0.150 e. The van der Waals surface area contributed by atoms with Crippen molar-refractivity contribution in [2.45, 2.75) is 6.54 Å². The molecule has 62 valence electrons. The largest absolute Gasteiger partial charge is 0.360 e. The van der Waals surface area contributed by atoms with Gasteiger partial charge in [0.05, 0.1) is 12.7 Å². The van der Waals surface area contributed by atoms with E-state index in [0.29, 0.717) is 6.54 Å². The van der Waals surface area contributed by atoms with Crippen LogP contribution in [0, 0.1) is 0 Å². The first-order valence-corrected chi connectivity index (χ1v) is 3.61. The first kappa shape index (κ1) is 8.23. The van der Waals surface area contributed by atoms with Crippen LogP contribution in [0.4, 0.5) is 0 Å². The molecule has 11 heavy (non-hydrogen) atoms. The third-order valence-electron chi connectivity index (χ3n) is 1.43. The van der Waals surface area contributed by atoms with Crippen LogP contribution >= 0.6 is 0 Å². The predicted molar refractivity (Wildman–Crippen MR) is 41.9 cm³/mol. The van der Waals surface area contributed by atoms with Gasteiger partial charge in [0.1, 0.15) is 0 Å². The van der Waals surface area contributed by atoms with Gasteiger partial charge in [0.25, 0.3) is 0 Å². The molecular formula is C7H13N3O. The third-order valence-corrected chi connectivity index (χ3v) is 1.43. The number of rotatable bonds is 4. The van der Waals surface area contributed by atoms with Crippen LogP contribution in [0.25, 0.3) is 0 Å². The van der Waals surface area contributed by atoms with Crippen molar-refractivity contribution in [3.05, 3.63) is 18.0 Å². The first-order chi connectivity index (χ1) is 5.33. The van der Waals surface area contributed by atoms with Gasteiger partial charge in [-0.1, -0.05) is 5.16 Å². The first-order valence-electron chi connectivity index (χ1n) is 3.61. The zero-order valence-corrected chi connectivity index (χ0v) is 6.66. The summed E-state index contributed by atoms with van der Waals surface area (Å²) >= 11 is 0. The maximum absolute atomic E-state index is 5.37. The second-order valence-corrected chi connectivity index (χ2v) is 2.51. The highest BCUT2D eigenvalue weighted by Gasteiger charge is 2.00. The van der Waals surface area contributed by atoms with Crippen molar-refractivity contribution in [3.63, 3.8) is 0 Å². The average Bonchev–Trinajstić information content (AvgIpc) is 2.40. The molecule has 4 heteroatoms. The van der Waals surface area contributed by atoms with Gasteiger partial charge in [0.15, 0.2) is 5.76 Å². The molecule has 2 N–H and O–H groups in total. The van der Waals surface area contributed by atoms with E-state index >= 15 is 0 Å². The van der Waals surface area contributed by atoms with Gasteiger partial charge in [-0.2, -0.15) is 0 Å². The Hall–Kier alpha value is -0.870. The van der Waals surface area contributed by atoms with E-state index in [1.165, 1.54) is 0 Å². The van der Waals surface area contributed by atoms with Crippen LogP contribution in [-0.2, 0) is 6.54 Å². The summed E-state index contributed by atoms with van der Waals surface area (Å²) in [5.74, 6) is 0.876. The molecule has 0 aromatic carbocycles. The zero-order valence-electron chi connectivity index (χ0n) is 6.66. The van der Waals surface area contributed by atoms with Crippen LogP contribution in [0.3, 0.4) is 0 Å². The monoisotopic (exact) mass is 155 g/mol. The van der Waals surface area contributed by atoms with Crippen LogP contribution in [0.5, 0.6) is 0 Å². The Morgan fingerprint density at radius 2 is 2.55 bits per heavy atom. The van der Waals surface area contributed by atoms with Crippen molar-refractivity contribution in [2.24, 2.45) is 5.73 Å². The lowest BCUT2D eigenvalue weighted by Crippen LogP contribution is -2.24. The number of hydrogen-bond acceptors (Lipinski definition) is 4. The standard InChI is InChI=1S/C7H13N3O/c1-10(5-3-8)6-7-2-4-9-11-7/h2,4H,3,5-6,8H2,1H3. The van der Waals surface area contributed by atoms with E-state index in [1.54, 1.807) is 6.20 Å². The molecule has 0 aliphatic heterocycles. The van der Waals surface area contributed by atoms with E-state index in [0.717, 1.165) is 18.8 Å². The van der Waals surface area contributed by atoms with Crippen molar-refractivity contribution in [1.82, 2.24) is 10.1 Å². The lowest BCUT2D eigenvalue weighted by Gasteiger charge is -2.11. The van der Waals surface area contributed by atoms with Gasteiger partial charge in [-0.15, -0.1) is 0 Å². The summed E-state index contributed by atoms with van der Waals surface area (Å²) in [7, 11) is 2.00. The molecule has 1 rings (SSSR count). The normalized spacial score (nSPS) is 10.8. The van der Waals surface area contributed by atoms with Crippen molar-refractivity contribution in [3.8, 4) is 0 Å². The molecule has 0 amide bonds. The highest BCUT2D eigenvalue weighted by atomic mass is 16.5. The maximum atomic E-state index is 5.37. The van der Waals surface area contributed by atoms with E-state index in [9.17, 15) is 0 Å². The molecule has 0 bridgehead atoms. The highest BCUT2D eigenvalue weighted by molar-refractivity contribution is 4.91. The molecular weight excluding hydrogens is 142 g/mol. The van der Waals surface area contributed by atoms with Crippen LogP contribution in [0.1, 0.15) is 5.76 Å². The Labute approximate surface area is 66.0 Å². The Morgan fingerprint density at radius 1 is 1.73 bits per heavy atom. The van der Waals surface area contributed by atoms with Crippen LogP contribution in [0.15, 0.2) is 16.8 Å². The number of likely N-dealkylation sites (N-methyl/N-ethyl adjacent to an activating group) is 1. The highest BCUT2D eigenvalue weighted by Crippen LogP contribution is 1.99. The summed E-state index contributed by atoms with van der Waals surface area (Å²) in [6.07, 6.45) is 1.64. The minimum absolute atomic E-state index is 0.671. The molecule has 0 aliphatic carbocycles. The maximum Gasteiger partial charge on any atom is 0.150 e. The van der Waals surface area contributed by atoms with Crippen molar-refractivity contribution >= 4 is 0 Å². The predicted octanol–water partition coefficient (Wildman–Crippen LogP) is 0.0651. The number of aromatic nitrogens is 1. The topological polar surface area (TPSA) is 55.3 Å². The summed E-state index contributed by atoms with van der Waals surface area (Å²) in [5.41, 5.74) is 5.37. The molecule has 0 spiro atoms. The fourth-order valence-electron chi connectivity index (χ4n) is 0.889. The summed E-state index contributed by atoms with van der Waals surface area (Å²) in [5, 5.41) is 3.60. The van der Waals surface area contributed by atoms with E-state index in [4.69, 9.17) is 10.3 Å². The molecule has 0 unspecified atom stereocenters. The molecule has 1 aromatic heterocycles. The Balaban J connectivity index is 2.31. The van der Waals surface area contributed by atoms with Gasteiger partial charge in [0, 0.05) is 19.2 Å². The molecule has 1 aromatic rings. The molecule has 0 radical (unpaired) electrons. The lowest BCUT2D eigenvalue weighted by molar-refractivity contribution is 0.278. The van der Waals surface area contributed by atoms with Gasteiger partial charge in [-0.25, -0.2) is 0 Å². The van der Waals surface area contributed by atoms with E-state index in [-0.39, 0.29) is 0 Å². The molecule has 4 nitrogen and oxygen atoms in total. The fourth-order valence-corrected chi connectivity index (χ4v) is 0.889. The third kappa shape index (κ3) is 2.69.